The van der Waals surface area contributed by atoms with E-state index in [1.165, 1.54) is 6.07 Å². The SMILES string of the molecule is COc1ccccc1CN(C)Cc1c(Cl)cc(Cl)c(=O)n1CCc1ccc(C(=O)O)cc1. The summed E-state index contributed by atoms with van der Waals surface area (Å²) in [5.74, 6) is -0.182. The molecule has 32 heavy (non-hydrogen) atoms. The summed E-state index contributed by atoms with van der Waals surface area (Å²) in [6.07, 6.45) is 0.527. The quantitative estimate of drug-likeness (QED) is 0.484. The standard InChI is InChI=1S/C24H24Cl2N2O4/c1-27(14-18-5-3-4-6-22(18)32-2)15-21-19(25)13-20(26)23(29)28(21)12-11-16-7-9-17(10-8-16)24(30)31/h3-10,13H,11-12,14-15H2,1-2H3,(H,30,31). The summed E-state index contributed by atoms with van der Waals surface area (Å²) >= 11 is 12.6. The molecule has 0 aliphatic rings. The van der Waals surface area contributed by atoms with Crippen LogP contribution in [0.25, 0.3) is 0 Å². The number of nitrogens with zero attached hydrogens (tertiary/aromatic N) is 2. The summed E-state index contributed by atoms with van der Waals surface area (Å²) in [5, 5.41) is 9.53. The smallest absolute Gasteiger partial charge is 0.335 e. The van der Waals surface area contributed by atoms with Crippen molar-refractivity contribution >= 4 is 29.2 Å². The zero-order valence-electron chi connectivity index (χ0n) is 17.8. The molecule has 8 heteroatoms. The first kappa shape index (κ1) is 23.9. The molecular weight excluding hydrogens is 451 g/mol. The minimum absolute atomic E-state index is 0.0624. The highest BCUT2D eigenvalue weighted by atomic mass is 35.5. The van der Waals surface area contributed by atoms with Gasteiger partial charge < -0.3 is 14.4 Å². The fourth-order valence-electron chi connectivity index (χ4n) is 3.52. The molecule has 1 aromatic heterocycles. The van der Waals surface area contributed by atoms with Gasteiger partial charge in [-0.25, -0.2) is 4.79 Å². The summed E-state index contributed by atoms with van der Waals surface area (Å²) in [6, 6.07) is 15.8. The number of carbonyl (C=O) groups is 1. The van der Waals surface area contributed by atoms with E-state index in [4.69, 9.17) is 33.0 Å². The maximum atomic E-state index is 12.8. The van der Waals surface area contributed by atoms with Crippen LogP contribution in [0.1, 0.15) is 27.2 Å². The number of para-hydroxylation sites is 1. The number of methoxy groups -OCH3 is 1. The Morgan fingerprint density at radius 1 is 1.06 bits per heavy atom. The second kappa shape index (κ2) is 10.7. The van der Waals surface area contributed by atoms with Gasteiger partial charge in [-0.3, -0.25) is 9.69 Å². The second-order valence-corrected chi connectivity index (χ2v) is 8.29. The Labute approximate surface area is 196 Å². The highest BCUT2D eigenvalue weighted by Gasteiger charge is 2.16. The minimum atomic E-state index is -0.977. The van der Waals surface area contributed by atoms with E-state index in [1.807, 2.05) is 36.2 Å². The summed E-state index contributed by atoms with van der Waals surface area (Å²) < 4.78 is 7.02. The van der Waals surface area contributed by atoms with Gasteiger partial charge in [0.1, 0.15) is 10.8 Å². The van der Waals surface area contributed by atoms with Gasteiger partial charge in [0, 0.05) is 25.2 Å². The summed E-state index contributed by atoms with van der Waals surface area (Å²) in [4.78, 5) is 25.9. The Morgan fingerprint density at radius 3 is 2.41 bits per heavy atom. The maximum absolute atomic E-state index is 12.8. The van der Waals surface area contributed by atoms with Crippen molar-refractivity contribution in [2.45, 2.75) is 26.1 Å². The lowest BCUT2D eigenvalue weighted by Gasteiger charge is -2.22. The number of carboxylic acid groups (broad SMARTS) is 1. The average molecular weight is 475 g/mol. The molecule has 168 valence electrons. The number of aromatic nitrogens is 1. The van der Waals surface area contributed by atoms with Gasteiger partial charge in [-0.05, 0) is 43.3 Å². The fraction of sp³-hybridized carbons (Fsp3) is 0.250. The van der Waals surface area contributed by atoms with E-state index in [0.717, 1.165) is 16.9 Å². The largest absolute Gasteiger partial charge is 0.496 e. The molecule has 0 saturated heterocycles. The maximum Gasteiger partial charge on any atom is 0.335 e. The van der Waals surface area contributed by atoms with E-state index in [2.05, 4.69) is 0 Å². The zero-order chi connectivity index (χ0) is 23.3. The van der Waals surface area contributed by atoms with Crippen molar-refractivity contribution in [1.82, 2.24) is 9.47 Å². The third-order valence-electron chi connectivity index (χ3n) is 5.18. The molecule has 0 amide bonds. The predicted molar refractivity (Wildman–Crippen MR) is 126 cm³/mol. The molecule has 0 radical (unpaired) electrons. The number of pyridine rings is 1. The zero-order valence-corrected chi connectivity index (χ0v) is 19.4. The monoisotopic (exact) mass is 474 g/mol. The normalized spacial score (nSPS) is 11.0. The number of benzene rings is 2. The van der Waals surface area contributed by atoms with Crippen LogP contribution in [-0.2, 0) is 26.1 Å². The molecule has 3 rings (SSSR count). The average Bonchev–Trinajstić information content (AvgIpc) is 2.77. The number of ether oxygens (including phenoxy) is 1. The van der Waals surface area contributed by atoms with Crippen LogP contribution in [0.15, 0.2) is 59.4 Å². The van der Waals surface area contributed by atoms with Gasteiger partial charge >= 0.3 is 5.97 Å². The molecule has 0 fully saturated rings. The van der Waals surface area contributed by atoms with Crippen molar-refractivity contribution in [2.24, 2.45) is 0 Å². The third-order valence-corrected chi connectivity index (χ3v) is 5.78. The summed E-state index contributed by atoms with van der Waals surface area (Å²) in [5.41, 5.74) is 2.51. The molecule has 1 heterocycles. The molecule has 0 spiro atoms. The Morgan fingerprint density at radius 2 is 1.75 bits per heavy atom. The van der Waals surface area contributed by atoms with Gasteiger partial charge in [0.15, 0.2) is 0 Å². The summed E-state index contributed by atoms with van der Waals surface area (Å²) in [6.45, 7) is 1.40. The molecule has 1 N–H and O–H groups in total. The van der Waals surface area contributed by atoms with Crippen LogP contribution in [0, 0.1) is 0 Å². The predicted octanol–water partition coefficient (Wildman–Crippen LogP) is 4.74. The van der Waals surface area contributed by atoms with Gasteiger partial charge in [0.2, 0.25) is 0 Å². The van der Waals surface area contributed by atoms with Crippen LogP contribution in [-0.4, -0.2) is 34.7 Å². The van der Waals surface area contributed by atoms with E-state index in [9.17, 15) is 9.59 Å². The number of aryl methyl sites for hydroxylation is 1. The lowest BCUT2D eigenvalue weighted by molar-refractivity contribution is 0.0697. The van der Waals surface area contributed by atoms with Gasteiger partial charge in [0.25, 0.3) is 5.56 Å². The molecule has 0 saturated carbocycles. The lowest BCUT2D eigenvalue weighted by atomic mass is 10.1. The number of carboxylic acids is 1. The van der Waals surface area contributed by atoms with E-state index in [-0.39, 0.29) is 16.1 Å². The summed E-state index contributed by atoms with van der Waals surface area (Å²) in [7, 11) is 3.58. The van der Waals surface area contributed by atoms with Gasteiger partial charge in [-0.1, -0.05) is 53.5 Å². The molecule has 0 atom stereocenters. The Balaban J connectivity index is 1.82. The first-order valence-electron chi connectivity index (χ1n) is 10.0. The molecule has 0 unspecified atom stereocenters. The number of hydrogen-bond donors (Lipinski definition) is 1. The van der Waals surface area contributed by atoms with E-state index < -0.39 is 5.97 Å². The van der Waals surface area contributed by atoms with E-state index in [1.54, 1.807) is 35.9 Å². The molecule has 3 aromatic rings. The van der Waals surface area contributed by atoms with Gasteiger partial charge in [0.05, 0.1) is 23.4 Å². The van der Waals surface area contributed by atoms with Crippen LogP contribution < -0.4 is 10.3 Å². The number of rotatable bonds is 9. The molecular formula is C24H24Cl2N2O4. The minimum Gasteiger partial charge on any atom is -0.496 e. The van der Waals surface area contributed by atoms with Crippen molar-refractivity contribution in [3.8, 4) is 5.75 Å². The molecule has 2 aromatic carbocycles. The highest BCUT2D eigenvalue weighted by Crippen LogP contribution is 2.23. The van der Waals surface area contributed by atoms with E-state index in [0.29, 0.717) is 36.8 Å². The molecule has 0 aliphatic carbocycles. The van der Waals surface area contributed by atoms with Crippen LogP contribution in [0.4, 0.5) is 0 Å². The van der Waals surface area contributed by atoms with Crippen LogP contribution >= 0.6 is 23.2 Å². The van der Waals surface area contributed by atoms with Gasteiger partial charge in [-0.15, -0.1) is 0 Å². The van der Waals surface area contributed by atoms with Crippen molar-refractivity contribution in [1.29, 1.82) is 0 Å². The number of aromatic carboxylic acids is 1. The lowest BCUT2D eigenvalue weighted by Crippen LogP contribution is -2.29. The molecule has 0 aliphatic heterocycles. The first-order chi connectivity index (χ1) is 15.3. The third kappa shape index (κ3) is 5.71. The van der Waals surface area contributed by atoms with Crippen molar-refractivity contribution in [2.75, 3.05) is 14.2 Å². The molecule has 6 nitrogen and oxygen atoms in total. The fourth-order valence-corrected chi connectivity index (χ4v) is 4.06. The topological polar surface area (TPSA) is 71.8 Å². The van der Waals surface area contributed by atoms with Crippen molar-refractivity contribution in [3.63, 3.8) is 0 Å². The molecule has 0 bridgehead atoms. The van der Waals surface area contributed by atoms with Crippen molar-refractivity contribution < 1.29 is 14.6 Å². The first-order valence-corrected chi connectivity index (χ1v) is 10.8. The van der Waals surface area contributed by atoms with Crippen LogP contribution in [0.5, 0.6) is 5.75 Å². The number of halogens is 2. The highest BCUT2D eigenvalue weighted by molar-refractivity contribution is 6.34. The number of hydrogen-bond acceptors (Lipinski definition) is 4. The van der Waals surface area contributed by atoms with Crippen LogP contribution in [0.3, 0.4) is 0 Å². The van der Waals surface area contributed by atoms with Crippen molar-refractivity contribution in [3.05, 3.63) is 97.4 Å². The van der Waals surface area contributed by atoms with Gasteiger partial charge in [-0.2, -0.15) is 0 Å². The Bertz CT molecular complexity index is 1160. The Kier molecular flexibility index (Phi) is 7.96. The Hall–Kier alpha value is -2.80. The van der Waals surface area contributed by atoms with Crippen LogP contribution in [0.2, 0.25) is 10.0 Å². The van der Waals surface area contributed by atoms with E-state index >= 15 is 0 Å². The second-order valence-electron chi connectivity index (χ2n) is 7.48.